The fourth-order valence-corrected chi connectivity index (χ4v) is 3.86. The lowest BCUT2D eigenvalue weighted by Gasteiger charge is -2.18. The van der Waals surface area contributed by atoms with Gasteiger partial charge in [0.15, 0.2) is 0 Å². The van der Waals surface area contributed by atoms with E-state index >= 15 is 0 Å². The van der Waals surface area contributed by atoms with Gasteiger partial charge >= 0.3 is 0 Å². The van der Waals surface area contributed by atoms with Crippen LogP contribution < -0.4 is 15.8 Å². The van der Waals surface area contributed by atoms with Crippen molar-refractivity contribution >= 4 is 12.2 Å². The van der Waals surface area contributed by atoms with Crippen molar-refractivity contribution in [2.24, 2.45) is 0 Å². The van der Waals surface area contributed by atoms with Crippen LogP contribution in [0.1, 0.15) is 43.7 Å². The minimum atomic E-state index is 0.759. The minimum Gasteiger partial charge on any atom is -0.361 e. The number of hydrogen-bond acceptors (Lipinski definition) is 1. The van der Waals surface area contributed by atoms with Gasteiger partial charge in [-0.25, -0.2) is 0 Å². The van der Waals surface area contributed by atoms with Gasteiger partial charge in [-0.2, -0.15) is 0 Å². The first kappa shape index (κ1) is 18.4. The molecule has 1 heterocycles. The van der Waals surface area contributed by atoms with Crippen LogP contribution in [0.4, 0.5) is 0 Å². The number of nitrogens with one attached hydrogen (secondary N) is 1. The average Bonchev–Trinajstić information content (AvgIpc) is 3.56. The lowest BCUT2D eigenvalue weighted by atomic mass is 9.89. The molecule has 28 heavy (non-hydrogen) atoms. The number of hydrogen-bond donors (Lipinski definition) is 1. The first-order chi connectivity index (χ1) is 13.8. The Hall–Kier alpha value is -2.98. The Morgan fingerprint density at radius 1 is 1.04 bits per heavy atom. The third kappa shape index (κ3) is 3.43. The van der Waals surface area contributed by atoms with E-state index in [1.54, 1.807) is 0 Å². The third-order valence-electron chi connectivity index (χ3n) is 5.45. The molecule has 0 atom stereocenters. The van der Waals surface area contributed by atoms with E-state index in [1.807, 2.05) is 26.1 Å². The van der Waals surface area contributed by atoms with Crippen molar-refractivity contribution in [1.82, 2.24) is 5.32 Å². The summed E-state index contributed by atoms with van der Waals surface area (Å²) in [5.41, 5.74) is 7.38. The third-order valence-corrected chi connectivity index (χ3v) is 5.45. The molecule has 0 bridgehead atoms. The molecule has 139 valence electrons. The first-order valence-corrected chi connectivity index (χ1v) is 10.2. The van der Waals surface area contributed by atoms with Gasteiger partial charge in [-0.05, 0) is 65.0 Å². The van der Waals surface area contributed by atoms with Crippen molar-refractivity contribution in [2.75, 3.05) is 0 Å². The van der Waals surface area contributed by atoms with E-state index in [9.17, 15) is 0 Å². The predicted octanol–water partition coefficient (Wildman–Crippen LogP) is 4.47. The van der Waals surface area contributed by atoms with Gasteiger partial charge in [-0.3, -0.25) is 0 Å². The molecular formula is C27H26N. The molecule has 0 unspecified atom stereocenters. The van der Waals surface area contributed by atoms with Gasteiger partial charge in [0.25, 0.3) is 0 Å². The number of rotatable bonds is 1. The van der Waals surface area contributed by atoms with Crippen LogP contribution in [-0.2, 0) is 0 Å². The standard InChI is InChI=1S/C25H20N.C2H6/c1-17-21-6-4-7-23-20(13-15-25-24(23)5-2-3-16-26-25)11-10-19(21)12-14-22(17)18-8-9-18;1-2/h2-3,5-6,10-16,18,26H,8-9H2,1H3;1-2H3/b19-10-,20-11-,21-6+;. The molecule has 1 saturated carbocycles. The Kier molecular flexibility index (Phi) is 5.22. The second-order valence-corrected chi connectivity index (χ2v) is 7.16. The molecule has 3 aliphatic carbocycles. The maximum Gasteiger partial charge on any atom is 0.0432 e. The van der Waals surface area contributed by atoms with Gasteiger partial charge in [-0.15, -0.1) is 0 Å². The van der Waals surface area contributed by atoms with Crippen LogP contribution in [0, 0.1) is 25.2 Å². The first-order valence-electron chi connectivity index (χ1n) is 10.2. The highest BCUT2D eigenvalue weighted by Crippen LogP contribution is 2.40. The number of allylic oxidation sites excluding steroid dienone is 7. The minimum absolute atomic E-state index is 0.759. The predicted molar refractivity (Wildman–Crippen MR) is 119 cm³/mol. The molecule has 4 aliphatic rings. The van der Waals surface area contributed by atoms with Crippen molar-refractivity contribution in [2.45, 2.75) is 39.5 Å². The Morgan fingerprint density at radius 2 is 1.89 bits per heavy atom. The monoisotopic (exact) mass is 364 g/mol. The SMILES string of the molecule is CC.Cc1c(C2CC2)ccc2/c1=C/C#CC1=C3C=CC=CNC3=C[CH]\C1=C\C=2. The lowest BCUT2D eigenvalue weighted by Crippen LogP contribution is -2.28. The second-order valence-electron chi connectivity index (χ2n) is 7.16. The van der Waals surface area contributed by atoms with Crippen molar-refractivity contribution in [3.05, 3.63) is 99.1 Å². The fourth-order valence-electron chi connectivity index (χ4n) is 3.86. The second kappa shape index (κ2) is 7.95. The van der Waals surface area contributed by atoms with Crippen molar-refractivity contribution in [3.63, 3.8) is 0 Å². The Bertz CT molecular complexity index is 1130. The largest absolute Gasteiger partial charge is 0.361 e. The van der Waals surface area contributed by atoms with Crippen LogP contribution in [0.5, 0.6) is 0 Å². The van der Waals surface area contributed by atoms with Crippen LogP contribution in [0.15, 0.2) is 71.1 Å². The van der Waals surface area contributed by atoms with Gasteiger partial charge in [0, 0.05) is 29.5 Å². The average molecular weight is 365 g/mol. The van der Waals surface area contributed by atoms with E-state index in [4.69, 9.17) is 0 Å². The summed E-state index contributed by atoms with van der Waals surface area (Å²) in [6.45, 7) is 6.24. The van der Waals surface area contributed by atoms with Crippen molar-refractivity contribution < 1.29 is 0 Å². The summed E-state index contributed by atoms with van der Waals surface area (Å²) in [5.74, 6) is 7.52. The molecule has 5 rings (SSSR count). The quantitative estimate of drug-likeness (QED) is 0.725. The zero-order valence-electron chi connectivity index (χ0n) is 16.8. The fraction of sp³-hybridized carbons (Fsp3) is 0.222. The van der Waals surface area contributed by atoms with E-state index in [2.05, 4.69) is 79.1 Å². The highest BCUT2D eigenvalue weighted by molar-refractivity contribution is 5.70. The van der Waals surface area contributed by atoms with E-state index in [0.717, 1.165) is 28.3 Å². The molecule has 0 amide bonds. The molecule has 1 nitrogen and oxygen atoms in total. The normalized spacial score (nSPS) is 23.1. The molecule has 1 fully saturated rings. The van der Waals surface area contributed by atoms with E-state index in [1.165, 1.54) is 34.4 Å². The Balaban J connectivity index is 0.000000932. The maximum absolute atomic E-state index is 3.42. The van der Waals surface area contributed by atoms with Crippen LogP contribution >= 0.6 is 0 Å². The van der Waals surface area contributed by atoms with Crippen LogP contribution in [-0.4, -0.2) is 0 Å². The van der Waals surface area contributed by atoms with Crippen LogP contribution in [0.2, 0.25) is 0 Å². The summed E-state index contributed by atoms with van der Waals surface area (Å²) in [6.07, 6.45) is 21.6. The Morgan fingerprint density at radius 3 is 2.71 bits per heavy atom. The maximum atomic E-state index is 3.42. The van der Waals surface area contributed by atoms with Crippen molar-refractivity contribution in [1.29, 1.82) is 0 Å². The zero-order valence-corrected chi connectivity index (χ0v) is 16.8. The highest BCUT2D eigenvalue weighted by Gasteiger charge is 2.25. The lowest BCUT2D eigenvalue weighted by molar-refractivity contribution is 1.07. The zero-order chi connectivity index (χ0) is 19.5. The molecule has 1 heteroatoms. The van der Waals surface area contributed by atoms with Crippen LogP contribution in [0.3, 0.4) is 0 Å². The van der Waals surface area contributed by atoms with Crippen molar-refractivity contribution in [3.8, 4) is 11.8 Å². The molecule has 1 N–H and O–H groups in total. The summed E-state index contributed by atoms with van der Waals surface area (Å²) in [6, 6.07) is 4.57. The topological polar surface area (TPSA) is 12.0 Å². The molecular weight excluding hydrogens is 338 g/mol. The molecule has 1 radical (unpaired) electrons. The van der Waals surface area contributed by atoms with Gasteiger partial charge in [0.2, 0.25) is 0 Å². The van der Waals surface area contributed by atoms with Crippen LogP contribution in [0.25, 0.3) is 12.2 Å². The smallest absolute Gasteiger partial charge is 0.0432 e. The van der Waals surface area contributed by atoms with E-state index in [-0.39, 0.29) is 0 Å². The van der Waals surface area contributed by atoms with Gasteiger partial charge in [0.1, 0.15) is 0 Å². The molecule has 1 aliphatic heterocycles. The number of fused-ring (bicyclic) bond motifs is 3. The summed E-state index contributed by atoms with van der Waals surface area (Å²) in [5, 5.41) is 5.85. The number of benzene rings is 1. The highest BCUT2D eigenvalue weighted by atomic mass is 14.9. The summed E-state index contributed by atoms with van der Waals surface area (Å²) in [4.78, 5) is 0. The van der Waals surface area contributed by atoms with E-state index in [0.29, 0.717) is 0 Å². The Labute approximate surface area is 168 Å². The van der Waals surface area contributed by atoms with E-state index < -0.39 is 0 Å². The summed E-state index contributed by atoms with van der Waals surface area (Å²) in [7, 11) is 0. The summed E-state index contributed by atoms with van der Waals surface area (Å²) < 4.78 is 0. The molecule has 0 aromatic heterocycles. The van der Waals surface area contributed by atoms with Gasteiger partial charge < -0.3 is 5.32 Å². The molecule has 0 spiro atoms. The molecule has 1 aromatic carbocycles. The molecule has 0 saturated heterocycles. The molecule has 1 aromatic rings. The summed E-state index contributed by atoms with van der Waals surface area (Å²) >= 11 is 0. The van der Waals surface area contributed by atoms with Gasteiger partial charge in [0.05, 0.1) is 0 Å². The van der Waals surface area contributed by atoms with Gasteiger partial charge in [-0.1, -0.05) is 68.2 Å².